The molecule has 0 aliphatic carbocycles. The van der Waals surface area contributed by atoms with Gasteiger partial charge in [-0.25, -0.2) is 0 Å². The molecule has 31 heavy (non-hydrogen) atoms. The molecule has 1 aromatic heterocycles. The Hall–Kier alpha value is -3.46. The van der Waals surface area contributed by atoms with Gasteiger partial charge in [0.1, 0.15) is 0 Å². The maximum absolute atomic E-state index is 3.43. The summed E-state index contributed by atoms with van der Waals surface area (Å²) in [7, 11) is 0. The molecule has 0 spiro atoms. The molecule has 3 nitrogen and oxygen atoms in total. The minimum atomic E-state index is 0.886. The summed E-state index contributed by atoms with van der Waals surface area (Å²) in [6.07, 6.45) is 4.24. The second-order valence-electron chi connectivity index (χ2n) is 8.53. The summed E-state index contributed by atoms with van der Waals surface area (Å²) in [5.74, 6) is 0. The highest BCUT2D eigenvalue weighted by Crippen LogP contribution is 2.33. The molecule has 0 fully saturated rings. The van der Waals surface area contributed by atoms with Gasteiger partial charge in [-0.3, -0.25) is 10.0 Å². The van der Waals surface area contributed by atoms with Crippen molar-refractivity contribution in [3.63, 3.8) is 0 Å². The molecule has 0 unspecified atom stereocenters. The molecule has 1 aliphatic heterocycles. The predicted octanol–water partition coefficient (Wildman–Crippen LogP) is 6.62. The number of nitrogens with one attached hydrogen (secondary N) is 1. The fraction of sp³-hybridized carbons (Fsp3) is 0.214. The molecule has 2 heterocycles. The number of hydrogen-bond acceptors (Lipinski definition) is 2. The summed E-state index contributed by atoms with van der Waals surface area (Å²) in [5, 5.41) is 6.26. The summed E-state index contributed by atoms with van der Waals surface area (Å²) >= 11 is 0. The van der Waals surface area contributed by atoms with Crippen LogP contribution < -0.4 is 5.01 Å². The Morgan fingerprint density at radius 3 is 2.48 bits per heavy atom. The predicted molar refractivity (Wildman–Crippen MR) is 130 cm³/mol. The zero-order valence-corrected chi connectivity index (χ0v) is 18.3. The molecule has 0 amide bonds. The highest BCUT2D eigenvalue weighted by molar-refractivity contribution is 5.83. The summed E-state index contributed by atoms with van der Waals surface area (Å²) in [4.78, 5) is 3.43. The van der Waals surface area contributed by atoms with Crippen molar-refractivity contribution in [2.45, 2.75) is 33.2 Å². The first-order valence-electron chi connectivity index (χ1n) is 11.1. The number of hydrazine groups is 1. The summed E-state index contributed by atoms with van der Waals surface area (Å²) in [6.45, 7) is 6.29. The molecule has 0 atom stereocenters. The quantitative estimate of drug-likeness (QED) is 0.388. The number of para-hydroxylation sites is 2. The first-order valence-corrected chi connectivity index (χ1v) is 11.1. The number of hydrogen-bond donors (Lipinski definition) is 1. The molecule has 1 N–H and O–H groups in total. The fourth-order valence-electron chi connectivity index (χ4n) is 4.70. The molecule has 0 saturated carbocycles. The van der Waals surface area contributed by atoms with Crippen LogP contribution in [-0.4, -0.2) is 16.5 Å². The second-order valence-corrected chi connectivity index (χ2v) is 8.53. The van der Waals surface area contributed by atoms with Gasteiger partial charge in [-0.05, 0) is 61.6 Å². The van der Waals surface area contributed by atoms with E-state index >= 15 is 0 Å². The summed E-state index contributed by atoms with van der Waals surface area (Å²) in [6, 6.07) is 28.2. The van der Waals surface area contributed by atoms with Crippen molar-refractivity contribution < 1.29 is 0 Å². The maximum atomic E-state index is 3.43. The molecule has 0 saturated heterocycles. The number of aryl methyl sites for hydroxylation is 2. The van der Waals surface area contributed by atoms with Gasteiger partial charge in [-0.15, -0.1) is 0 Å². The van der Waals surface area contributed by atoms with Crippen LogP contribution in [0.25, 0.3) is 10.9 Å². The molecule has 3 heteroatoms. The van der Waals surface area contributed by atoms with E-state index in [-0.39, 0.29) is 0 Å². The second kappa shape index (κ2) is 8.35. The van der Waals surface area contributed by atoms with Gasteiger partial charge < -0.3 is 4.98 Å². The number of nitrogens with zero attached hydrogens (tertiary/aromatic N) is 2. The Kier molecular flexibility index (Phi) is 5.25. The zero-order valence-electron chi connectivity index (χ0n) is 18.3. The van der Waals surface area contributed by atoms with E-state index < -0.39 is 0 Å². The minimum absolute atomic E-state index is 0.886. The van der Waals surface area contributed by atoms with E-state index in [9.17, 15) is 0 Å². The molecular weight excluding hydrogens is 378 g/mol. The first-order chi connectivity index (χ1) is 15.2. The lowest BCUT2D eigenvalue weighted by Crippen LogP contribution is -2.37. The lowest BCUT2D eigenvalue weighted by Gasteiger charge is -2.34. The van der Waals surface area contributed by atoms with Crippen LogP contribution in [0.5, 0.6) is 0 Å². The zero-order chi connectivity index (χ0) is 21.2. The van der Waals surface area contributed by atoms with Crippen molar-refractivity contribution in [1.29, 1.82) is 0 Å². The molecule has 3 aromatic carbocycles. The molecule has 0 bridgehead atoms. The van der Waals surface area contributed by atoms with E-state index in [1.165, 1.54) is 44.6 Å². The van der Waals surface area contributed by atoms with Crippen LogP contribution in [0.1, 0.15) is 30.0 Å². The number of aromatic amines is 1. The van der Waals surface area contributed by atoms with Crippen molar-refractivity contribution in [3.8, 4) is 0 Å². The molecule has 5 rings (SSSR count). The topological polar surface area (TPSA) is 22.3 Å². The highest BCUT2D eigenvalue weighted by Gasteiger charge is 2.28. The van der Waals surface area contributed by atoms with Crippen LogP contribution >= 0.6 is 0 Å². The summed E-state index contributed by atoms with van der Waals surface area (Å²) in [5.41, 5.74) is 9.41. The van der Waals surface area contributed by atoms with Gasteiger partial charge in [0.15, 0.2) is 0 Å². The monoisotopic (exact) mass is 407 g/mol. The van der Waals surface area contributed by atoms with Crippen molar-refractivity contribution in [2.75, 3.05) is 11.6 Å². The van der Waals surface area contributed by atoms with E-state index in [0.29, 0.717) is 0 Å². The van der Waals surface area contributed by atoms with Crippen molar-refractivity contribution in [2.24, 2.45) is 0 Å². The third-order valence-corrected chi connectivity index (χ3v) is 6.26. The van der Waals surface area contributed by atoms with E-state index in [2.05, 4.69) is 114 Å². The van der Waals surface area contributed by atoms with Gasteiger partial charge in [0.2, 0.25) is 0 Å². The van der Waals surface area contributed by atoms with Crippen LogP contribution in [0.2, 0.25) is 0 Å². The average Bonchev–Trinajstić information content (AvgIpc) is 3.34. The standard InChI is InChI=1S/C28H29N3/c1-21-9-8-10-23(17-21)20-31-28(22(2)19-30(31)25-11-4-3-5-12-25)16-15-24-18-29-27-14-7-6-13-26(24)27/h3-14,17-18,29H,15-16,19-20H2,1-2H3. The number of rotatable bonds is 6. The molecule has 4 aromatic rings. The van der Waals surface area contributed by atoms with E-state index in [1.54, 1.807) is 0 Å². The van der Waals surface area contributed by atoms with Gasteiger partial charge in [-0.2, -0.15) is 0 Å². The highest BCUT2D eigenvalue weighted by atomic mass is 15.6. The normalized spacial score (nSPS) is 14.1. The number of fused-ring (bicyclic) bond motifs is 1. The number of allylic oxidation sites excluding steroid dienone is 1. The minimum Gasteiger partial charge on any atom is -0.361 e. The first kappa shape index (κ1) is 19.5. The van der Waals surface area contributed by atoms with Gasteiger partial charge in [0.05, 0.1) is 18.8 Å². The smallest absolute Gasteiger partial charge is 0.0643 e. The van der Waals surface area contributed by atoms with Crippen LogP contribution in [-0.2, 0) is 13.0 Å². The number of aromatic nitrogens is 1. The largest absolute Gasteiger partial charge is 0.361 e. The average molecular weight is 408 g/mol. The van der Waals surface area contributed by atoms with Gasteiger partial charge >= 0.3 is 0 Å². The molecule has 156 valence electrons. The Balaban J connectivity index is 1.44. The van der Waals surface area contributed by atoms with Crippen LogP contribution in [0.4, 0.5) is 5.69 Å². The third-order valence-electron chi connectivity index (χ3n) is 6.26. The van der Waals surface area contributed by atoms with Crippen molar-refractivity contribution in [1.82, 2.24) is 9.99 Å². The Labute approximate surface area is 184 Å². The van der Waals surface area contributed by atoms with Gasteiger partial charge in [0.25, 0.3) is 0 Å². The van der Waals surface area contributed by atoms with Crippen molar-refractivity contribution in [3.05, 3.63) is 113 Å². The Morgan fingerprint density at radius 2 is 1.65 bits per heavy atom. The van der Waals surface area contributed by atoms with E-state index in [1.807, 2.05) is 0 Å². The van der Waals surface area contributed by atoms with Crippen LogP contribution in [0.3, 0.4) is 0 Å². The molecule has 0 radical (unpaired) electrons. The van der Waals surface area contributed by atoms with Gasteiger partial charge in [-0.1, -0.05) is 66.2 Å². The van der Waals surface area contributed by atoms with Crippen molar-refractivity contribution >= 4 is 16.6 Å². The van der Waals surface area contributed by atoms with E-state index in [4.69, 9.17) is 0 Å². The molecule has 1 aliphatic rings. The van der Waals surface area contributed by atoms with E-state index in [0.717, 1.165) is 25.9 Å². The SMILES string of the molecule is CC1=C(CCc2c[nH]c3ccccc23)N(Cc2cccc(C)c2)N(c2ccccc2)C1. The third kappa shape index (κ3) is 3.96. The lowest BCUT2D eigenvalue weighted by molar-refractivity contribution is 0.328. The summed E-state index contributed by atoms with van der Waals surface area (Å²) < 4.78 is 0. The van der Waals surface area contributed by atoms with Crippen LogP contribution in [0.15, 0.2) is 96.3 Å². The molecular formula is C28H29N3. The van der Waals surface area contributed by atoms with Crippen LogP contribution in [0, 0.1) is 6.92 Å². The lowest BCUT2D eigenvalue weighted by atomic mass is 10.0. The number of anilines is 1. The van der Waals surface area contributed by atoms with Gasteiger partial charge in [0, 0.05) is 22.8 Å². The Morgan fingerprint density at radius 1 is 0.839 bits per heavy atom. The number of benzene rings is 3. The Bertz CT molecular complexity index is 1220. The number of H-pyrrole nitrogens is 1. The maximum Gasteiger partial charge on any atom is 0.0643 e. The fourth-order valence-corrected chi connectivity index (χ4v) is 4.70.